The molecule has 1 saturated heterocycles. The SMILES string of the molecule is C=CCNc1nccc(C(=O)N2CCN(C(C)=O)CC2)n1. The van der Waals surface area contributed by atoms with Crippen LogP contribution in [0.2, 0.25) is 0 Å². The van der Waals surface area contributed by atoms with Gasteiger partial charge in [0.1, 0.15) is 5.69 Å². The molecule has 1 aromatic rings. The average Bonchev–Trinajstić information content (AvgIpc) is 2.52. The van der Waals surface area contributed by atoms with Crippen LogP contribution in [-0.2, 0) is 4.79 Å². The molecule has 1 N–H and O–H groups in total. The number of hydrogen-bond acceptors (Lipinski definition) is 5. The molecule has 1 aliphatic rings. The zero-order chi connectivity index (χ0) is 15.2. The van der Waals surface area contributed by atoms with Gasteiger partial charge in [0.25, 0.3) is 5.91 Å². The Morgan fingerprint density at radius 3 is 2.62 bits per heavy atom. The minimum Gasteiger partial charge on any atom is -0.351 e. The molecule has 1 fully saturated rings. The van der Waals surface area contributed by atoms with Gasteiger partial charge in [0.15, 0.2) is 0 Å². The van der Waals surface area contributed by atoms with E-state index in [0.717, 1.165) is 0 Å². The second kappa shape index (κ2) is 6.83. The highest BCUT2D eigenvalue weighted by atomic mass is 16.2. The number of nitrogens with zero attached hydrogens (tertiary/aromatic N) is 4. The number of rotatable bonds is 4. The van der Waals surface area contributed by atoms with Crippen molar-refractivity contribution in [2.45, 2.75) is 6.92 Å². The molecule has 0 saturated carbocycles. The Kier molecular flexibility index (Phi) is 4.86. The highest BCUT2D eigenvalue weighted by Crippen LogP contribution is 2.08. The monoisotopic (exact) mass is 289 g/mol. The Bertz CT molecular complexity index is 538. The van der Waals surface area contributed by atoms with E-state index in [9.17, 15) is 9.59 Å². The topological polar surface area (TPSA) is 78.4 Å². The van der Waals surface area contributed by atoms with E-state index in [4.69, 9.17) is 0 Å². The first kappa shape index (κ1) is 15.0. The van der Waals surface area contributed by atoms with Crippen molar-refractivity contribution in [2.75, 3.05) is 38.0 Å². The molecule has 112 valence electrons. The fraction of sp³-hybridized carbons (Fsp3) is 0.429. The second-order valence-corrected chi connectivity index (χ2v) is 4.73. The summed E-state index contributed by atoms with van der Waals surface area (Å²) in [4.78, 5) is 35.4. The predicted octanol–water partition coefficient (Wildman–Crippen LogP) is 0.379. The van der Waals surface area contributed by atoms with Crippen molar-refractivity contribution in [3.63, 3.8) is 0 Å². The number of nitrogens with one attached hydrogen (secondary N) is 1. The van der Waals surface area contributed by atoms with Gasteiger partial charge in [-0.15, -0.1) is 6.58 Å². The Morgan fingerprint density at radius 1 is 1.33 bits per heavy atom. The van der Waals surface area contributed by atoms with Gasteiger partial charge in [-0.05, 0) is 6.07 Å². The van der Waals surface area contributed by atoms with Crippen molar-refractivity contribution in [1.82, 2.24) is 19.8 Å². The number of aromatic nitrogens is 2. The maximum Gasteiger partial charge on any atom is 0.272 e. The van der Waals surface area contributed by atoms with E-state index in [0.29, 0.717) is 44.4 Å². The van der Waals surface area contributed by atoms with Crippen molar-refractivity contribution in [2.24, 2.45) is 0 Å². The highest BCUT2D eigenvalue weighted by molar-refractivity contribution is 5.92. The van der Waals surface area contributed by atoms with Crippen LogP contribution in [0.15, 0.2) is 24.9 Å². The van der Waals surface area contributed by atoms with Crippen molar-refractivity contribution < 1.29 is 9.59 Å². The van der Waals surface area contributed by atoms with E-state index >= 15 is 0 Å². The lowest BCUT2D eigenvalue weighted by molar-refractivity contribution is -0.130. The Hall–Kier alpha value is -2.44. The third-order valence-electron chi connectivity index (χ3n) is 3.29. The van der Waals surface area contributed by atoms with Crippen molar-refractivity contribution >= 4 is 17.8 Å². The van der Waals surface area contributed by atoms with E-state index in [1.165, 1.54) is 0 Å². The summed E-state index contributed by atoms with van der Waals surface area (Å²) in [5, 5.41) is 2.95. The third-order valence-corrected chi connectivity index (χ3v) is 3.29. The number of piperazine rings is 1. The van der Waals surface area contributed by atoms with Crippen molar-refractivity contribution in [3.8, 4) is 0 Å². The lowest BCUT2D eigenvalue weighted by atomic mass is 10.2. The summed E-state index contributed by atoms with van der Waals surface area (Å²) in [6, 6.07) is 1.60. The molecule has 21 heavy (non-hydrogen) atoms. The van der Waals surface area contributed by atoms with E-state index in [1.807, 2.05) is 0 Å². The Morgan fingerprint density at radius 2 is 2.00 bits per heavy atom. The number of carbonyl (C=O) groups excluding carboxylic acids is 2. The van der Waals surface area contributed by atoms with Crippen LogP contribution in [0.4, 0.5) is 5.95 Å². The van der Waals surface area contributed by atoms with Gasteiger partial charge in [-0.3, -0.25) is 9.59 Å². The summed E-state index contributed by atoms with van der Waals surface area (Å²) < 4.78 is 0. The van der Waals surface area contributed by atoms with E-state index in [2.05, 4.69) is 21.9 Å². The van der Waals surface area contributed by atoms with Crippen molar-refractivity contribution in [3.05, 3.63) is 30.6 Å². The summed E-state index contributed by atoms with van der Waals surface area (Å²) in [5.41, 5.74) is 0.354. The molecule has 2 heterocycles. The zero-order valence-electron chi connectivity index (χ0n) is 12.1. The molecule has 0 bridgehead atoms. The minimum atomic E-state index is -0.137. The number of amides is 2. The predicted molar refractivity (Wildman–Crippen MR) is 78.9 cm³/mol. The fourth-order valence-corrected chi connectivity index (χ4v) is 2.11. The van der Waals surface area contributed by atoms with Crippen molar-refractivity contribution in [1.29, 1.82) is 0 Å². The average molecular weight is 289 g/mol. The molecule has 0 radical (unpaired) electrons. The molecular formula is C14H19N5O2. The van der Waals surface area contributed by atoms with Crippen LogP contribution in [0.5, 0.6) is 0 Å². The van der Waals surface area contributed by atoms with E-state index in [-0.39, 0.29) is 11.8 Å². The molecule has 0 atom stereocenters. The second-order valence-electron chi connectivity index (χ2n) is 4.73. The number of anilines is 1. The van der Waals surface area contributed by atoms with Gasteiger partial charge in [-0.2, -0.15) is 0 Å². The van der Waals surface area contributed by atoms with Gasteiger partial charge < -0.3 is 15.1 Å². The van der Waals surface area contributed by atoms with Crippen LogP contribution in [0.3, 0.4) is 0 Å². The molecule has 7 nitrogen and oxygen atoms in total. The third kappa shape index (κ3) is 3.77. The van der Waals surface area contributed by atoms with E-state index in [1.54, 1.807) is 35.1 Å². The van der Waals surface area contributed by atoms with Crippen LogP contribution < -0.4 is 5.32 Å². The first-order valence-corrected chi connectivity index (χ1v) is 6.84. The summed E-state index contributed by atoms with van der Waals surface area (Å²) >= 11 is 0. The Balaban J connectivity index is 2.00. The number of hydrogen-bond donors (Lipinski definition) is 1. The summed E-state index contributed by atoms with van der Waals surface area (Å²) in [6.45, 7) is 7.86. The maximum absolute atomic E-state index is 12.4. The zero-order valence-corrected chi connectivity index (χ0v) is 12.1. The smallest absolute Gasteiger partial charge is 0.272 e. The molecule has 7 heteroatoms. The lowest BCUT2D eigenvalue weighted by Crippen LogP contribution is -2.50. The molecule has 1 aromatic heterocycles. The standard InChI is InChI=1S/C14H19N5O2/c1-3-5-15-14-16-6-4-12(17-14)13(21)19-9-7-18(8-10-19)11(2)20/h3-4,6H,1,5,7-10H2,2H3,(H,15,16,17). The van der Waals surface area contributed by atoms with Gasteiger partial charge in [0.05, 0.1) is 0 Å². The fourth-order valence-electron chi connectivity index (χ4n) is 2.11. The summed E-state index contributed by atoms with van der Waals surface area (Å²) in [7, 11) is 0. The van der Waals surface area contributed by atoms with Gasteiger partial charge >= 0.3 is 0 Å². The number of carbonyl (C=O) groups is 2. The first-order chi connectivity index (χ1) is 10.1. The van der Waals surface area contributed by atoms with Gasteiger partial charge in [-0.25, -0.2) is 9.97 Å². The van der Waals surface area contributed by atoms with Gasteiger partial charge in [0.2, 0.25) is 11.9 Å². The van der Waals surface area contributed by atoms with Crippen LogP contribution in [0, 0.1) is 0 Å². The summed E-state index contributed by atoms with van der Waals surface area (Å²) in [6.07, 6.45) is 3.25. The minimum absolute atomic E-state index is 0.0417. The summed E-state index contributed by atoms with van der Waals surface area (Å²) in [5.74, 6) is 0.311. The molecule has 0 unspecified atom stereocenters. The van der Waals surface area contributed by atoms with Crippen LogP contribution in [0.1, 0.15) is 17.4 Å². The lowest BCUT2D eigenvalue weighted by Gasteiger charge is -2.34. The molecule has 2 rings (SSSR count). The van der Waals surface area contributed by atoms with E-state index < -0.39 is 0 Å². The normalized spacial score (nSPS) is 14.7. The van der Waals surface area contributed by atoms with Crippen LogP contribution in [-0.4, -0.2) is 64.3 Å². The highest BCUT2D eigenvalue weighted by Gasteiger charge is 2.24. The molecule has 0 aliphatic carbocycles. The molecular weight excluding hydrogens is 270 g/mol. The first-order valence-electron chi connectivity index (χ1n) is 6.84. The molecule has 0 spiro atoms. The largest absolute Gasteiger partial charge is 0.351 e. The van der Waals surface area contributed by atoms with Crippen LogP contribution in [0.25, 0.3) is 0 Å². The van der Waals surface area contributed by atoms with Crippen LogP contribution >= 0.6 is 0 Å². The molecule has 1 aliphatic heterocycles. The quantitative estimate of drug-likeness (QED) is 0.811. The molecule has 2 amide bonds. The Labute approximate surface area is 123 Å². The molecule has 0 aromatic carbocycles. The van der Waals surface area contributed by atoms with Gasteiger partial charge in [0, 0.05) is 45.8 Å². The van der Waals surface area contributed by atoms with Gasteiger partial charge in [-0.1, -0.05) is 6.08 Å². The maximum atomic E-state index is 12.4.